The van der Waals surface area contributed by atoms with E-state index in [0.29, 0.717) is 5.96 Å². The highest BCUT2D eigenvalue weighted by Gasteiger charge is 2.44. The van der Waals surface area contributed by atoms with Crippen LogP contribution in [0.1, 0.15) is 20.8 Å². The number of hydrogen-bond donors (Lipinski definition) is 4. The minimum Gasteiger partial charge on any atom is -0.371 e. The molecule has 1 atom stereocenters. The molecule has 2 rings (SSSR count). The van der Waals surface area contributed by atoms with Crippen molar-refractivity contribution in [1.82, 2.24) is 10.6 Å². The maximum atomic E-state index is 6.12. The number of hydrogen-bond acceptors (Lipinski definition) is 5. The summed E-state index contributed by atoms with van der Waals surface area (Å²) >= 11 is 0. The van der Waals surface area contributed by atoms with Crippen molar-refractivity contribution in [1.29, 1.82) is 0 Å². The lowest BCUT2D eigenvalue weighted by Crippen LogP contribution is -2.50. The second-order valence-electron chi connectivity index (χ2n) is 4.76. The predicted molar refractivity (Wildman–Crippen MR) is 56.2 cm³/mol. The Bertz CT molecular complexity index is 337. The van der Waals surface area contributed by atoms with Crippen LogP contribution in [0.5, 0.6) is 0 Å². The molecule has 1 unspecified atom stereocenters. The van der Waals surface area contributed by atoms with E-state index >= 15 is 0 Å². The summed E-state index contributed by atoms with van der Waals surface area (Å²) in [6, 6.07) is 0. The number of nitrogens with zero attached hydrogens (tertiary/aromatic N) is 1. The van der Waals surface area contributed by atoms with Gasteiger partial charge in [0.15, 0.2) is 5.96 Å². The fraction of sp³-hybridized carbons (Fsp3) is 0.667. The first-order valence-corrected chi connectivity index (χ1v) is 4.73. The molecule has 0 aromatic heterocycles. The molecule has 0 fully saturated rings. The van der Waals surface area contributed by atoms with Crippen LogP contribution in [0.2, 0.25) is 0 Å². The molecule has 0 amide bonds. The molecule has 0 radical (unpaired) electrons. The van der Waals surface area contributed by atoms with E-state index in [1.54, 1.807) is 0 Å². The van der Waals surface area contributed by atoms with Gasteiger partial charge in [-0.05, 0) is 6.92 Å². The first-order chi connectivity index (χ1) is 6.33. The molecule has 5 nitrogen and oxygen atoms in total. The molecule has 2 heterocycles. The van der Waals surface area contributed by atoms with Crippen LogP contribution in [-0.2, 0) is 0 Å². The third kappa shape index (κ3) is 1.16. The minimum atomic E-state index is -0.697. The molecule has 0 saturated carbocycles. The molecule has 2 aliphatic rings. The van der Waals surface area contributed by atoms with Gasteiger partial charge in [0, 0.05) is 17.5 Å². The molecule has 0 spiro atoms. The third-order valence-electron chi connectivity index (χ3n) is 2.75. The average molecular weight is 195 g/mol. The van der Waals surface area contributed by atoms with E-state index in [1.165, 1.54) is 0 Å². The molecule has 0 bridgehead atoms. The normalized spacial score (nSPS) is 34.4. The maximum Gasteiger partial charge on any atom is 0.196 e. The molecule has 6 N–H and O–H groups in total. The van der Waals surface area contributed by atoms with Crippen molar-refractivity contribution >= 4 is 5.96 Å². The van der Waals surface area contributed by atoms with E-state index in [-0.39, 0.29) is 5.41 Å². The van der Waals surface area contributed by atoms with Gasteiger partial charge < -0.3 is 22.1 Å². The molecule has 0 aromatic carbocycles. The number of nitrogens with two attached hydrogens (primary N) is 2. The van der Waals surface area contributed by atoms with Crippen LogP contribution in [0.15, 0.2) is 16.4 Å². The Morgan fingerprint density at radius 1 is 1.36 bits per heavy atom. The summed E-state index contributed by atoms with van der Waals surface area (Å²) in [5.74, 6) is 1.30. The van der Waals surface area contributed by atoms with Crippen LogP contribution >= 0.6 is 0 Å². The van der Waals surface area contributed by atoms with Crippen LogP contribution in [0.25, 0.3) is 0 Å². The molecule has 5 heteroatoms. The Hall–Kier alpha value is -1.23. The summed E-state index contributed by atoms with van der Waals surface area (Å²) in [6.07, 6.45) is 0. The highest BCUT2D eigenvalue weighted by atomic mass is 15.3. The SMILES string of the molecule is CC1(C)CNC2=C1C(C)(N)N=C(N)N2. The van der Waals surface area contributed by atoms with Crippen LogP contribution in [0.3, 0.4) is 0 Å². The highest BCUT2D eigenvalue weighted by molar-refractivity contribution is 5.82. The van der Waals surface area contributed by atoms with E-state index in [2.05, 4.69) is 29.5 Å². The van der Waals surface area contributed by atoms with Gasteiger partial charge in [0.25, 0.3) is 0 Å². The Balaban J connectivity index is 2.48. The fourth-order valence-electron chi connectivity index (χ4n) is 2.33. The summed E-state index contributed by atoms with van der Waals surface area (Å²) in [7, 11) is 0. The van der Waals surface area contributed by atoms with Crippen molar-refractivity contribution < 1.29 is 0 Å². The van der Waals surface area contributed by atoms with E-state index in [9.17, 15) is 0 Å². The first-order valence-electron chi connectivity index (χ1n) is 4.73. The van der Waals surface area contributed by atoms with Crippen molar-refractivity contribution in [3.63, 3.8) is 0 Å². The molecule has 14 heavy (non-hydrogen) atoms. The Kier molecular flexibility index (Phi) is 1.61. The Morgan fingerprint density at radius 3 is 2.64 bits per heavy atom. The monoisotopic (exact) mass is 195 g/mol. The van der Waals surface area contributed by atoms with Gasteiger partial charge in [-0.2, -0.15) is 0 Å². The Labute approximate surface area is 83.6 Å². The fourth-order valence-corrected chi connectivity index (χ4v) is 2.33. The molecule has 0 saturated heterocycles. The summed E-state index contributed by atoms with van der Waals surface area (Å²) in [5.41, 5.74) is 12.2. The standard InChI is InChI=1S/C9H17N5/c1-8(2)4-12-6-5(8)9(3,11)14-7(10)13-6/h12H,4,11H2,1-3H3,(H3,10,13,14). The van der Waals surface area contributed by atoms with Gasteiger partial charge in [-0.3, -0.25) is 0 Å². The lowest BCUT2D eigenvalue weighted by Gasteiger charge is -2.34. The van der Waals surface area contributed by atoms with Crippen molar-refractivity contribution in [2.75, 3.05) is 6.54 Å². The average Bonchev–Trinajstić information content (AvgIpc) is 2.24. The van der Waals surface area contributed by atoms with Gasteiger partial charge in [0.05, 0.1) is 0 Å². The molecule has 78 valence electrons. The Morgan fingerprint density at radius 2 is 2.00 bits per heavy atom. The molecule has 0 aliphatic carbocycles. The van der Waals surface area contributed by atoms with Crippen LogP contribution < -0.4 is 22.1 Å². The minimum absolute atomic E-state index is 0.0238. The largest absolute Gasteiger partial charge is 0.371 e. The summed E-state index contributed by atoms with van der Waals surface area (Å²) in [4.78, 5) is 4.22. The van der Waals surface area contributed by atoms with Crippen molar-refractivity contribution in [2.45, 2.75) is 26.4 Å². The van der Waals surface area contributed by atoms with Gasteiger partial charge in [-0.25, -0.2) is 4.99 Å². The number of aliphatic imine (C=N–C) groups is 1. The van der Waals surface area contributed by atoms with Crippen molar-refractivity contribution in [3.05, 3.63) is 11.4 Å². The van der Waals surface area contributed by atoms with Crippen LogP contribution in [0.4, 0.5) is 0 Å². The molecule has 0 aromatic rings. The predicted octanol–water partition coefficient (Wildman–Crippen LogP) is -0.580. The zero-order valence-electron chi connectivity index (χ0n) is 8.81. The first kappa shape index (κ1) is 9.33. The quantitative estimate of drug-likeness (QED) is 0.416. The lowest BCUT2D eigenvalue weighted by molar-refractivity contribution is 0.393. The van der Waals surface area contributed by atoms with Crippen molar-refractivity contribution in [2.24, 2.45) is 21.9 Å². The lowest BCUT2D eigenvalue weighted by atomic mass is 9.79. The van der Waals surface area contributed by atoms with Crippen LogP contribution in [-0.4, -0.2) is 18.2 Å². The number of nitrogens with one attached hydrogen (secondary N) is 2. The van der Waals surface area contributed by atoms with E-state index in [4.69, 9.17) is 11.5 Å². The van der Waals surface area contributed by atoms with Crippen molar-refractivity contribution in [3.8, 4) is 0 Å². The van der Waals surface area contributed by atoms with Gasteiger partial charge in [-0.15, -0.1) is 0 Å². The smallest absolute Gasteiger partial charge is 0.196 e. The zero-order chi connectivity index (χ0) is 10.6. The third-order valence-corrected chi connectivity index (χ3v) is 2.75. The topological polar surface area (TPSA) is 88.5 Å². The maximum absolute atomic E-state index is 6.12. The molecule has 2 aliphatic heterocycles. The van der Waals surface area contributed by atoms with Gasteiger partial charge in [-0.1, -0.05) is 13.8 Å². The molecular weight excluding hydrogens is 178 g/mol. The molecular formula is C9H17N5. The van der Waals surface area contributed by atoms with E-state index < -0.39 is 5.66 Å². The van der Waals surface area contributed by atoms with E-state index in [0.717, 1.165) is 17.9 Å². The zero-order valence-corrected chi connectivity index (χ0v) is 8.81. The summed E-state index contributed by atoms with van der Waals surface area (Å²) in [6.45, 7) is 7.03. The van der Waals surface area contributed by atoms with Gasteiger partial charge in [0.2, 0.25) is 0 Å². The van der Waals surface area contributed by atoms with Crippen LogP contribution in [0, 0.1) is 5.41 Å². The van der Waals surface area contributed by atoms with E-state index in [1.807, 2.05) is 6.92 Å². The van der Waals surface area contributed by atoms with Gasteiger partial charge in [0.1, 0.15) is 11.5 Å². The summed E-state index contributed by atoms with van der Waals surface area (Å²) in [5, 5.41) is 6.27. The number of guanidine groups is 1. The second kappa shape index (κ2) is 2.42. The summed E-state index contributed by atoms with van der Waals surface area (Å²) < 4.78 is 0. The highest BCUT2D eigenvalue weighted by Crippen LogP contribution is 2.39. The second-order valence-corrected chi connectivity index (χ2v) is 4.76. The number of rotatable bonds is 0. The van der Waals surface area contributed by atoms with Gasteiger partial charge >= 0.3 is 0 Å².